The van der Waals surface area contributed by atoms with Gasteiger partial charge in [-0.15, -0.1) is 11.3 Å². The fourth-order valence-corrected chi connectivity index (χ4v) is 4.25. The number of aliphatic hydroxyl groups excluding tert-OH is 1. The van der Waals surface area contributed by atoms with Gasteiger partial charge in [0.25, 0.3) is 5.78 Å². The minimum atomic E-state index is -0.999. The van der Waals surface area contributed by atoms with E-state index >= 15 is 0 Å². The van der Waals surface area contributed by atoms with Crippen LogP contribution in [0, 0.1) is 25.5 Å². The molecule has 1 N–H and O–H groups in total. The predicted molar refractivity (Wildman–Crippen MR) is 109 cm³/mol. The van der Waals surface area contributed by atoms with Crippen LogP contribution in [0.1, 0.15) is 27.7 Å². The first kappa shape index (κ1) is 19.9. The summed E-state index contributed by atoms with van der Waals surface area (Å²) in [5.41, 5.74) is 1.18. The van der Waals surface area contributed by atoms with Crippen molar-refractivity contribution in [1.82, 2.24) is 4.98 Å². The van der Waals surface area contributed by atoms with Gasteiger partial charge in [0.05, 0.1) is 17.3 Å². The van der Waals surface area contributed by atoms with Crippen LogP contribution in [-0.4, -0.2) is 21.8 Å². The van der Waals surface area contributed by atoms with Gasteiger partial charge in [0.15, 0.2) is 5.13 Å². The number of aliphatic hydroxyl groups is 1. The van der Waals surface area contributed by atoms with E-state index in [2.05, 4.69) is 4.98 Å². The zero-order valence-electron chi connectivity index (χ0n) is 16.0. The molecule has 1 saturated heterocycles. The molecule has 5 nitrogen and oxygen atoms in total. The molecule has 2 heterocycles. The Morgan fingerprint density at radius 1 is 1.00 bits per heavy atom. The molecular formula is C22H16F2N2O3S. The third-order valence-electron chi connectivity index (χ3n) is 4.97. The number of halogens is 2. The number of ketones is 1. The van der Waals surface area contributed by atoms with Gasteiger partial charge in [0.1, 0.15) is 17.4 Å². The maximum Gasteiger partial charge on any atom is 0.301 e. The summed E-state index contributed by atoms with van der Waals surface area (Å²) < 4.78 is 26.8. The van der Waals surface area contributed by atoms with Crippen molar-refractivity contribution in [2.45, 2.75) is 19.9 Å². The summed E-state index contributed by atoms with van der Waals surface area (Å²) in [5.74, 6) is -3.15. The fourth-order valence-electron chi connectivity index (χ4n) is 3.31. The van der Waals surface area contributed by atoms with E-state index < -0.39 is 35.1 Å². The second kappa shape index (κ2) is 7.46. The van der Waals surface area contributed by atoms with Crippen LogP contribution in [0.2, 0.25) is 0 Å². The van der Waals surface area contributed by atoms with Crippen LogP contribution in [0.3, 0.4) is 0 Å². The molecule has 1 amide bonds. The second-order valence-electron chi connectivity index (χ2n) is 6.87. The Morgan fingerprint density at radius 3 is 2.10 bits per heavy atom. The largest absolute Gasteiger partial charge is 0.507 e. The third-order valence-corrected chi connectivity index (χ3v) is 6.04. The first-order chi connectivity index (χ1) is 14.3. The highest BCUT2D eigenvalue weighted by Gasteiger charge is 2.48. The summed E-state index contributed by atoms with van der Waals surface area (Å²) in [7, 11) is 0. The zero-order valence-corrected chi connectivity index (χ0v) is 16.8. The van der Waals surface area contributed by atoms with Crippen LogP contribution in [0.25, 0.3) is 5.76 Å². The molecule has 0 radical (unpaired) electrons. The number of carbonyl (C=O) groups excluding carboxylic acids is 2. The molecule has 2 aromatic carbocycles. The van der Waals surface area contributed by atoms with Crippen LogP contribution in [0.15, 0.2) is 54.1 Å². The van der Waals surface area contributed by atoms with E-state index in [1.54, 1.807) is 6.92 Å². The van der Waals surface area contributed by atoms with Crippen molar-refractivity contribution in [3.8, 4) is 0 Å². The fraction of sp³-hybridized carbons (Fsp3) is 0.136. The number of hydrogen-bond donors (Lipinski definition) is 1. The zero-order chi connectivity index (χ0) is 21.6. The maximum absolute atomic E-state index is 13.5. The van der Waals surface area contributed by atoms with E-state index in [9.17, 15) is 23.5 Å². The molecule has 3 aromatic rings. The van der Waals surface area contributed by atoms with Crippen molar-refractivity contribution in [1.29, 1.82) is 0 Å². The van der Waals surface area contributed by atoms with Crippen LogP contribution < -0.4 is 4.90 Å². The van der Waals surface area contributed by atoms with E-state index in [1.807, 2.05) is 6.92 Å². The SMILES string of the molecule is Cc1nc(N2C(=O)C(=O)/C(=C(/O)c3ccc(F)cc3)C2c2ccc(F)cc2)sc1C. The number of amides is 1. The van der Waals surface area contributed by atoms with Gasteiger partial charge < -0.3 is 5.11 Å². The van der Waals surface area contributed by atoms with E-state index in [0.29, 0.717) is 16.4 Å². The Kier molecular flexibility index (Phi) is 4.95. The van der Waals surface area contributed by atoms with Crippen molar-refractivity contribution in [2.24, 2.45) is 0 Å². The molecule has 4 rings (SSSR count). The van der Waals surface area contributed by atoms with Crippen molar-refractivity contribution in [3.63, 3.8) is 0 Å². The van der Waals surface area contributed by atoms with Gasteiger partial charge in [0, 0.05) is 10.4 Å². The number of aromatic nitrogens is 1. The van der Waals surface area contributed by atoms with Crippen LogP contribution in [-0.2, 0) is 9.59 Å². The average molecular weight is 426 g/mol. The van der Waals surface area contributed by atoms with Crippen molar-refractivity contribution < 1.29 is 23.5 Å². The molecule has 0 spiro atoms. The molecule has 1 unspecified atom stereocenters. The summed E-state index contributed by atoms with van der Waals surface area (Å²) in [6.45, 7) is 3.63. The first-order valence-electron chi connectivity index (χ1n) is 9.04. The van der Waals surface area contributed by atoms with Gasteiger partial charge in [-0.05, 0) is 55.8 Å². The summed E-state index contributed by atoms with van der Waals surface area (Å²) in [6, 6.07) is 9.25. The number of anilines is 1. The lowest BCUT2D eigenvalue weighted by Crippen LogP contribution is -2.29. The monoisotopic (exact) mass is 426 g/mol. The number of hydrogen-bond acceptors (Lipinski definition) is 5. The minimum absolute atomic E-state index is 0.163. The number of nitrogens with zero attached hydrogens (tertiary/aromatic N) is 2. The van der Waals surface area contributed by atoms with E-state index in [-0.39, 0.29) is 11.1 Å². The van der Waals surface area contributed by atoms with Gasteiger partial charge in [-0.25, -0.2) is 13.8 Å². The molecule has 0 aliphatic carbocycles. The molecule has 0 saturated carbocycles. The number of carbonyl (C=O) groups is 2. The Hall–Kier alpha value is -3.39. The second-order valence-corrected chi connectivity index (χ2v) is 8.05. The standard InChI is InChI=1S/C22H16F2N2O3S/c1-11-12(2)30-22(25-11)26-18(13-3-7-15(23)8-4-13)17(20(28)21(26)29)19(27)14-5-9-16(24)10-6-14/h3-10,18,27H,1-2H3/b19-17+. The average Bonchev–Trinajstić information content (AvgIpc) is 3.18. The van der Waals surface area contributed by atoms with E-state index in [4.69, 9.17) is 0 Å². The number of aryl methyl sites for hydroxylation is 2. The molecule has 152 valence electrons. The lowest BCUT2D eigenvalue weighted by atomic mass is 9.95. The quantitative estimate of drug-likeness (QED) is 0.376. The number of rotatable bonds is 3. The predicted octanol–water partition coefficient (Wildman–Crippen LogP) is 4.66. The topological polar surface area (TPSA) is 70.5 Å². The number of thiazole rings is 1. The van der Waals surface area contributed by atoms with Gasteiger partial charge in [-0.3, -0.25) is 14.5 Å². The maximum atomic E-state index is 13.5. The van der Waals surface area contributed by atoms with E-state index in [0.717, 1.165) is 17.0 Å². The summed E-state index contributed by atoms with van der Waals surface area (Å²) in [6.07, 6.45) is 0. The molecule has 30 heavy (non-hydrogen) atoms. The summed E-state index contributed by atoms with van der Waals surface area (Å²) >= 11 is 1.24. The lowest BCUT2D eigenvalue weighted by Gasteiger charge is -2.23. The van der Waals surface area contributed by atoms with Gasteiger partial charge in [-0.1, -0.05) is 12.1 Å². The lowest BCUT2D eigenvalue weighted by molar-refractivity contribution is -0.132. The number of benzene rings is 2. The van der Waals surface area contributed by atoms with Crippen LogP contribution in [0.5, 0.6) is 0 Å². The van der Waals surface area contributed by atoms with Gasteiger partial charge >= 0.3 is 5.91 Å². The normalized spacial score (nSPS) is 18.3. The van der Waals surface area contributed by atoms with Crippen LogP contribution in [0.4, 0.5) is 13.9 Å². The van der Waals surface area contributed by atoms with Crippen molar-refractivity contribution in [3.05, 3.63) is 87.4 Å². The Balaban J connectivity index is 1.94. The van der Waals surface area contributed by atoms with Gasteiger partial charge in [-0.2, -0.15) is 0 Å². The molecule has 0 bridgehead atoms. The Morgan fingerprint density at radius 2 is 1.57 bits per heavy atom. The molecule has 1 aromatic heterocycles. The van der Waals surface area contributed by atoms with Crippen molar-refractivity contribution >= 4 is 33.9 Å². The van der Waals surface area contributed by atoms with Gasteiger partial charge in [0.2, 0.25) is 0 Å². The highest BCUT2D eigenvalue weighted by atomic mass is 32.1. The van der Waals surface area contributed by atoms with E-state index in [1.165, 1.54) is 52.6 Å². The molecule has 1 atom stereocenters. The summed E-state index contributed by atoms with van der Waals surface area (Å²) in [5, 5.41) is 11.2. The first-order valence-corrected chi connectivity index (χ1v) is 9.86. The minimum Gasteiger partial charge on any atom is -0.507 e. The smallest absolute Gasteiger partial charge is 0.301 e. The molecule has 8 heteroatoms. The highest BCUT2D eigenvalue weighted by molar-refractivity contribution is 7.16. The molecular weight excluding hydrogens is 410 g/mol. The van der Waals surface area contributed by atoms with Crippen molar-refractivity contribution in [2.75, 3.05) is 4.90 Å². The number of Topliss-reactive ketones (excluding diaryl/α,β-unsaturated/α-hetero) is 1. The van der Waals surface area contributed by atoms with Crippen LogP contribution >= 0.6 is 11.3 Å². The highest BCUT2D eigenvalue weighted by Crippen LogP contribution is 2.43. The molecule has 1 fully saturated rings. The Labute approximate surface area is 174 Å². The molecule has 1 aliphatic rings. The third kappa shape index (κ3) is 3.29. The summed E-state index contributed by atoms with van der Waals surface area (Å²) in [4.78, 5) is 32.4. The Bertz CT molecular complexity index is 1160. The molecule has 1 aliphatic heterocycles.